The quantitative estimate of drug-likeness (QED) is 0.617. The Hall–Kier alpha value is -2.84. The van der Waals surface area contributed by atoms with Crippen LogP contribution in [-0.2, 0) is 34.2 Å². The van der Waals surface area contributed by atoms with Crippen LogP contribution in [0.1, 0.15) is 29.9 Å². The third-order valence-corrected chi connectivity index (χ3v) is 8.60. The van der Waals surface area contributed by atoms with E-state index in [1.165, 1.54) is 17.4 Å². The molecule has 5 rings (SSSR count). The molecule has 2 aliphatic heterocycles. The molecule has 8 heteroatoms. The van der Waals surface area contributed by atoms with E-state index < -0.39 is 10.0 Å². The average Bonchev–Trinajstić information content (AvgIpc) is 3.35. The molecule has 0 fully saturated rings. The van der Waals surface area contributed by atoms with Crippen LogP contribution in [0.25, 0.3) is 0 Å². The maximum Gasteiger partial charge on any atom is 0.261 e. The van der Waals surface area contributed by atoms with Gasteiger partial charge in [0.25, 0.3) is 10.0 Å². The highest BCUT2D eigenvalue weighted by atomic mass is 32.2. The van der Waals surface area contributed by atoms with Crippen LogP contribution >= 0.6 is 11.3 Å². The Balaban J connectivity index is 1.43. The van der Waals surface area contributed by atoms with Gasteiger partial charge in [0, 0.05) is 36.6 Å². The summed E-state index contributed by atoms with van der Waals surface area (Å²) in [5, 5.41) is 2.12. The van der Waals surface area contributed by atoms with Crippen LogP contribution in [0.2, 0.25) is 0 Å². The van der Waals surface area contributed by atoms with Gasteiger partial charge < -0.3 is 9.80 Å². The van der Waals surface area contributed by atoms with E-state index in [0.717, 1.165) is 36.4 Å². The number of nitrogens with one attached hydrogen (secondary N) is 1. The van der Waals surface area contributed by atoms with Crippen molar-refractivity contribution in [1.29, 1.82) is 0 Å². The van der Waals surface area contributed by atoms with Crippen LogP contribution in [0.15, 0.2) is 58.8 Å². The van der Waals surface area contributed by atoms with Crippen molar-refractivity contribution in [2.45, 2.75) is 44.2 Å². The normalized spacial score (nSPS) is 17.8. The van der Waals surface area contributed by atoms with Gasteiger partial charge in [-0.05, 0) is 72.7 Å². The molecule has 6 nitrogen and oxygen atoms in total. The zero-order chi connectivity index (χ0) is 22.5. The Morgan fingerprint density at radius 2 is 1.91 bits per heavy atom. The van der Waals surface area contributed by atoms with Crippen molar-refractivity contribution in [3.8, 4) is 0 Å². The van der Waals surface area contributed by atoms with Crippen molar-refractivity contribution in [2.75, 3.05) is 21.1 Å². The SMILES string of the molecule is CC(=O)N1c2ccc(S(=O)(=O)Nc3ccccc3N3CCc4sccc4C3)cc2CC1C. The van der Waals surface area contributed by atoms with Crippen LogP contribution in [0.4, 0.5) is 17.1 Å². The molecule has 32 heavy (non-hydrogen) atoms. The Kier molecular flexibility index (Phi) is 5.22. The number of carbonyl (C=O) groups is 1. The van der Waals surface area contributed by atoms with Crippen LogP contribution in [0.5, 0.6) is 0 Å². The number of thiophene rings is 1. The lowest BCUT2D eigenvalue weighted by Crippen LogP contribution is -2.33. The highest BCUT2D eigenvalue weighted by molar-refractivity contribution is 7.92. The van der Waals surface area contributed by atoms with E-state index in [1.807, 2.05) is 31.2 Å². The third kappa shape index (κ3) is 3.67. The Morgan fingerprint density at radius 1 is 1.09 bits per heavy atom. The molecular formula is C24H25N3O3S2. The molecule has 1 amide bonds. The van der Waals surface area contributed by atoms with Crippen LogP contribution in [0, 0.1) is 0 Å². The van der Waals surface area contributed by atoms with Crippen LogP contribution in [-0.4, -0.2) is 26.9 Å². The number of sulfonamides is 1. The summed E-state index contributed by atoms with van der Waals surface area (Å²) in [5.41, 5.74) is 4.44. The first kappa shape index (κ1) is 21.0. The highest BCUT2D eigenvalue weighted by Gasteiger charge is 2.30. The van der Waals surface area contributed by atoms with Gasteiger partial charge in [0.2, 0.25) is 5.91 Å². The van der Waals surface area contributed by atoms with Gasteiger partial charge in [-0.15, -0.1) is 11.3 Å². The Bertz CT molecular complexity index is 1300. The number of benzene rings is 2. The molecule has 0 saturated heterocycles. The number of hydrogen-bond donors (Lipinski definition) is 1. The standard InChI is InChI=1S/C24H25N3O3S2/c1-16-13-19-14-20(7-8-22(19)27(16)17(2)28)32(29,30)25-21-5-3-4-6-23(21)26-11-9-24-18(15-26)10-12-31-24/h3-8,10,12,14,16,25H,9,11,13,15H2,1-2H3. The molecule has 1 aromatic heterocycles. The van der Waals surface area contributed by atoms with E-state index in [4.69, 9.17) is 0 Å². The molecule has 3 heterocycles. The monoisotopic (exact) mass is 467 g/mol. The van der Waals surface area contributed by atoms with Gasteiger partial charge >= 0.3 is 0 Å². The minimum Gasteiger partial charge on any atom is -0.365 e. The van der Waals surface area contributed by atoms with E-state index >= 15 is 0 Å². The molecule has 166 valence electrons. The number of para-hydroxylation sites is 2. The second kappa shape index (κ2) is 7.94. The summed E-state index contributed by atoms with van der Waals surface area (Å²) in [6.45, 7) is 5.13. The van der Waals surface area contributed by atoms with Crippen LogP contribution in [0.3, 0.4) is 0 Å². The maximum absolute atomic E-state index is 13.3. The summed E-state index contributed by atoms with van der Waals surface area (Å²) < 4.78 is 29.4. The van der Waals surface area contributed by atoms with Gasteiger partial charge in [-0.3, -0.25) is 9.52 Å². The second-order valence-corrected chi connectivity index (χ2v) is 11.1. The zero-order valence-electron chi connectivity index (χ0n) is 18.0. The number of fused-ring (bicyclic) bond motifs is 2. The lowest BCUT2D eigenvalue weighted by atomic mass is 10.1. The molecule has 1 atom stereocenters. The van der Waals surface area contributed by atoms with Gasteiger partial charge in [0.15, 0.2) is 0 Å². The van der Waals surface area contributed by atoms with Crippen molar-refractivity contribution in [3.05, 3.63) is 69.9 Å². The minimum atomic E-state index is -3.78. The zero-order valence-corrected chi connectivity index (χ0v) is 19.7. The molecule has 3 aromatic rings. The number of rotatable bonds is 4. The van der Waals surface area contributed by atoms with Gasteiger partial charge in [0.05, 0.1) is 16.3 Å². The van der Waals surface area contributed by atoms with E-state index in [9.17, 15) is 13.2 Å². The molecule has 1 unspecified atom stereocenters. The van der Waals surface area contributed by atoms with Gasteiger partial charge in [-0.1, -0.05) is 12.1 Å². The number of anilines is 3. The first-order chi connectivity index (χ1) is 15.3. The number of nitrogens with zero attached hydrogens (tertiary/aromatic N) is 2. The summed E-state index contributed by atoms with van der Waals surface area (Å²) in [4.78, 5) is 17.6. The summed E-state index contributed by atoms with van der Waals surface area (Å²) in [6.07, 6.45) is 1.61. The molecular weight excluding hydrogens is 442 g/mol. The van der Waals surface area contributed by atoms with Crippen molar-refractivity contribution >= 4 is 44.3 Å². The van der Waals surface area contributed by atoms with Crippen molar-refractivity contribution in [3.63, 3.8) is 0 Å². The van der Waals surface area contributed by atoms with E-state index in [1.54, 1.807) is 34.4 Å². The minimum absolute atomic E-state index is 0.0234. The summed E-state index contributed by atoms with van der Waals surface area (Å²) in [5.74, 6) is -0.0331. The summed E-state index contributed by atoms with van der Waals surface area (Å²) in [7, 11) is -3.78. The average molecular weight is 468 g/mol. The van der Waals surface area contributed by atoms with E-state index in [-0.39, 0.29) is 16.8 Å². The molecule has 0 radical (unpaired) electrons. The predicted molar refractivity (Wildman–Crippen MR) is 129 cm³/mol. The van der Waals surface area contributed by atoms with Crippen molar-refractivity contribution in [1.82, 2.24) is 0 Å². The fourth-order valence-corrected chi connectivity index (χ4v) is 6.76. The highest BCUT2D eigenvalue weighted by Crippen LogP contribution is 2.36. The molecule has 0 saturated carbocycles. The maximum atomic E-state index is 13.3. The first-order valence-electron chi connectivity index (χ1n) is 10.7. The molecule has 2 aliphatic rings. The van der Waals surface area contributed by atoms with Gasteiger partial charge in [-0.25, -0.2) is 8.42 Å². The molecule has 2 aromatic carbocycles. The third-order valence-electron chi connectivity index (χ3n) is 6.21. The topological polar surface area (TPSA) is 69.7 Å². The lowest BCUT2D eigenvalue weighted by molar-refractivity contribution is -0.116. The number of hydrogen-bond acceptors (Lipinski definition) is 5. The summed E-state index contributed by atoms with van der Waals surface area (Å²) >= 11 is 1.78. The Labute approximate surface area is 192 Å². The number of amides is 1. The van der Waals surface area contributed by atoms with E-state index in [2.05, 4.69) is 21.1 Å². The molecule has 0 bridgehead atoms. The van der Waals surface area contributed by atoms with E-state index in [0.29, 0.717) is 12.1 Å². The fraction of sp³-hybridized carbons (Fsp3) is 0.292. The molecule has 0 spiro atoms. The van der Waals surface area contributed by atoms with Crippen LogP contribution < -0.4 is 14.5 Å². The predicted octanol–water partition coefficient (Wildman–Crippen LogP) is 4.41. The van der Waals surface area contributed by atoms with Crippen molar-refractivity contribution < 1.29 is 13.2 Å². The van der Waals surface area contributed by atoms with Crippen molar-refractivity contribution in [2.24, 2.45) is 0 Å². The smallest absolute Gasteiger partial charge is 0.261 e. The second-order valence-electron chi connectivity index (χ2n) is 8.40. The summed E-state index contributed by atoms with van der Waals surface area (Å²) in [6, 6.07) is 14.7. The van der Waals surface area contributed by atoms with Gasteiger partial charge in [0.1, 0.15) is 0 Å². The first-order valence-corrected chi connectivity index (χ1v) is 13.0. The molecule has 1 N–H and O–H groups in total. The van der Waals surface area contributed by atoms with Gasteiger partial charge in [-0.2, -0.15) is 0 Å². The Morgan fingerprint density at radius 3 is 2.72 bits per heavy atom. The fourth-order valence-electron chi connectivity index (χ4n) is 4.75. The lowest BCUT2D eigenvalue weighted by Gasteiger charge is -2.30. The molecule has 0 aliphatic carbocycles. The largest absolute Gasteiger partial charge is 0.365 e. The number of carbonyl (C=O) groups excluding carboxylic acids is 1.